The van der Waals surface area contributed by atoms with Gasteiger partial charge < -0.3 is 10.1 Å². The van der Waals surface area contributed by atoms with Gasteiger partial charge in [-0.15, -0.1) is 0 Å². The molecule has 1 aromatic rings. The lowest BCUT2D eigenvalue weighted by Crippen LogP contribution is -2.35. The van der Waals surface area contributed by atoms with E-state index in [4.69, 9.17) is 9.57 Å². The number of rotatable bonds is 6. The molecule has 0 spiro atoms. The SMILES string of the molecule is CONc1ccc(C(C)NC2CCC(=O)CC2)cc1OC. The lowest BCUT2D eigenvalue weighted by atomic mass is 9.93. The summed E-state index contributed by atoms with van der Waals surface area (Å²) in [7, 11) is 3.21. The minimum atomic E-state index is 0.216. The standard InChI is InChI=1S/C16H24N2O3/c1-11(17-13-5-7-14(19)8-6-13)12-4-9-15(18-21-3)16(10-12)20-2/h4,9-11,13,17-18H,5-8H2,1-3H3. The molecule has 0 radical (unpaired) electrons. The van der Waals surface area contributed by atoms with Crippen LogP contribution in [0, 0.1) is 0 Å². The van der Waals surface area contributed by atoms with Crippen molar-refractivity contribution in [3.8, 4) is 5.75 Å². The summed E-state index contributed by atoms with van der Waals surface area (Å²) in [5.74, 6) is 1.14. The van der Waals surface area contributed by atoms with Crippen molar-refractivity contribution in [1.82, 2.24) is 5.32 Å². The lowest BCUT2D eigenvalue weighted by molar-refractivity contribution is -0.120. The summed E-state index contributed by atoms with van der Waals surface area (Å²) in [6, 6.07) is 6.64. The van der Waals surface area contributed by atoms with Crippen molar-refractivity contribution in [2.24, 2.45) is 0 Å². The van der Waals surface area contributed by atoms with Crippen LogP contribution >= 0.6 is 0 Å². The van der Waals surface area contributed by atoms with Crippen LogP contribution in [-0.4, -0.2) is 26.0 Å². The highest BCUT2D eigenvalue weighted by molar-refractivity contribution is 5.79. The van der Waals surface area contributed by atoms with Gasteiger partial charge in [-0.2, -0.15) is 0 Å². The topological polar surface area (TPSA) is 59.6 Å². The van der Waals surface area contributed by atoms with Crippen molar-refractivity contribution in [3.63, 3.8) is 0 Å². The third-order valence-corrected chi connectivity index (χ3v) is 3.97. The van der Waals surface area contributed by atoms with Gasteiger partial charge in [-0.25, -0.2) is 0 Å². The Balaban J connectivity index is 2.01. The first-order valence-corrected chi connectivity index (χ1v) is 7.38. The molecular weight excluding hydrogens is 268 g/mol. The third kappa shape index (κ3) is 4.19. The zero-order valence-corrected chi connectivity index (χ0v) is 12.9. The number of Topliss-reactive ketones (excluding diaryl/α,β-unsaturated/α-hetero) is 1. The molecule has 116 valence electrons. The van der Waals surface area contributed by atoms with E-state index in [0.717, 1.165) is 29.8 Å². The van der Waals surface area contributed by atoms with Gasteiger partial charge in [0.05, 0.1) is 14.2 Å². The average Bonchev–Trinajstić information content (AvgIpc) is 2.50. The van der Waals surface area contributed by atoms with Crippen molar-refractivity contribution in [2.75, 3.05) is 19.7 Å². The normalized spacial score (nSPS) is 17.6. The van der Waals surface area contributed by atoms with Gasteiger partial charge in [0.25, 0.3) is 0 Å². The van der Waals surface area contributed by atoms with Gasteiger partial charge in [-0.3, -0.25) is 15.1 Å². The minimum Gasteiger partial charge on any atom is -0.494 e. The Labute approximate surface area is 126 Å². The second-order valence-electron chi connectivity index (χ2n) is 5.47. The molecule has 2 rings (SSSR count). The molecule has 1 aromatic carbocycles. The van der Waals surface area contributed by atoms with Crippen molar-refractivity contribution in [3.05, 3.63) is 23.8 Å². The van der Waals surface area contributed by atoms with Crippen molar-refractivity contribution in [2.45, 2.75) is 44.7 Å². The number of anilines is 1. The molecule has 1 saturated carbocycles. The molecule has 1 aliphatic carbocycles. The first-order valence-electron chi connectivity index (χ1n) is 7.38. The van der Waals surface area contributed by atoms with Crippen molar-refractivity contribution < 1.29 is 14.4 Å². The summed E-state index contributed by atoms with van der Waals surface area (Å²) in [6.07, 6.45) is 3.27. The predicted molar refractivity (Wildman–Crippen MR) is 82.4 cm³/mol. The van der Waals surface area contributed by atoms with E-state index in [9.17, 15) is 4.79 Å². The highest BCUT2D eigenvalue weighted by Gasteiger charge is 2.20. The minimum absolute atomic E-state index is 0.216. The van der Waals surface area contributed by atoms with Gasteiger partial charge in [0.1, 0.15) is 17.2 Å². The molecule has 1 fully saturated rings. The molecule has 0 amide bonds. The van der Waals surface area contributed by atoms with E-state index in [1.165, 1.54) is 0 Å². The van der Waals surface area contributed by atoms with E-state index >= 15 is 0 Å². The number of hydrogen-bond acceptors (Lipinski definition) is 5. The summed E-state index contributed by atoms with van der Waals surface area (Å²) in [6.45, 7) is 2.13. The van der Waals surface area contributed by atoms with Gasteiger partial charge in [-0.1, -0.05) is 6.07 Å². The Kier molecular flexibility index (Phi) is 5.59. The van der Waals surface area contributed by atoms with Crippen LogP contribution in [0.25, 0.3) is 0 Å². The zero-order chi connectivity index (χ0) is 15.2. The molecule has 5 nitrogen and oxygen atoms in total. The lowest BCUT2D eigenvalue weighted by Gasteiger charge is -2.26. The molecule has 0 aromatic heterocycles. The van der Waals surface area contributed by atoms with Crippen LogP contribution in [0.4, 0.5) is 5.69 Å². The van der Waals surface area contributed by atoms with E-state index in [1.54, 1.807) is 14.2 Å². The Morgan fingerprint density at radius 3 is 2.57 bits per heavy atom. The first kappa shape index (κ1) is 15.8. The van der Waals surface area contributed by atoms with Crippen LogP contribution in [0.1, 0.15) is 44.2 Å². The molecule has 2 N–H and O–H groups in total. The molecule has 1 atom stereocenters. The maximum absolute atomic E-state index is 11.3. The molecule has 0 bridgehead atoms. The Morgan fingerprint density at radius 2 is 1.95 bits per heavy atom. The second kappa shape index (κ2) is 7.43. The third-order valence-electron chi connectivity index (χ3n) is 3.97. The number of ketones is 1. The van der Waals surface area contributed by atoms with Crippen LogP contribution in [0.2, 0.25) is 0 Å². The molecule has 0 saturated heterocycles. The Bertz CT molecular complexity index is 480. The van der Waals surface area contributed by atoms with Crippen LogP contribution in [0.5, 0.6) is 5.75 Å². The average molecular weight is 292 g/mol. The van der Waals surface area contributed by atoms with E-state index in [1.807, 2.05) is 12.1 Å². The smallest absolute Gasteiger partial charge is 0.144 e. The van der Waals surface area contributed by atoms with Gasteiger partial charge >= 0.3 is 0 Å². The molecule has 0 aliphatic heterocycles. The number of carbonyl (C=O) groups excluding carboxylic acids is 1. The van der Waals surface area contributed by atoms with E-state index in [2.05, 4.69) is 23.8 Å². The van der Waals surface area contributed by atoms with Crippen molar-refractivity contribution in [1.29, 1.82) is 0 Å². The van der Waals surface area contributed by atoms with Gasteiger partial charge in [-0.05, 0) is 37.5 Å². The molecule has 1 aliphatic rings. The maximum Gasteiger partial charge on any atom is 0.144 e. The van der Waals surface area contributed by atoms with E-state index < -0.39 is 0 Å². The van der Waals surface area contributed by atoms with Gasteiger partial charge in [0.2, 0.25) is 0 Å². The second-order valence-corrected chi connectivity index (χ2v) is 5.47. The van der Waals surface area contributed by atoms with E-state index in [-0.39, 0.29) is 6.04 Å². The molecular formula is C16H24N2O3. The number of ether oxygens (including phenoxy) is 1. The number of hydrogen-bond donors (Lipinski definition) is 2. The summed E-state index contributed by atoms with van der Waals surface area (Å²) >= 11 is 0. The number of benzene rings is 1. The van der Waals surface area contributed by atoms with Crippen LogP contribution < -0.4 is 15.5 Å². The van der Waals surface area contributed by atoms with Crippen LogP contribution in [0.3, 0.4) is 0 Å². The molecule has 21 heavy (non-hydrogen) atoms. The van der Waals surface area contributed by atoms with Gasteiger partial charge in [0, 0.05) is 24.9 Å². The largest absolute Gasteiger partial charge is 0.494 e. The Hall–Kier alpha value is -1.59. The fourth-order valence-corrected chi connectivity index (χ4v) is 2.73. The fourth-order valence-electron chi connectivity index (χ4n) is 2.73. The summed E-state index contributed by atoms with van der Waals surface area (Å²) in [5, 5.41) is 3.60. The maximum atomic E-state index is 11.3. The zero-order valence-electron chi connectivity index (χ0n) is 12.9. The van der Waals surface area contributed by atoms with Crippen LogP contribution in [-0.2, 0) is 9.63 Å². The Morgan fingerprint density at radius 1 is 1.24 bits per heavy atom. The van der Waals surface area contributed by atoms with Crippen LogP contribution in [0.15, 0.2) is 18.2 Å². The number of methoxy groups -OCH3 is 1. The van der Waals surface area contributed by atoms with Crippen molar-refractivity contribution >= 4 is 11.5 Å². The van der Waals surface area contributed by atoms with E-state index in [0.29, 0.717) is 24.7 Å². The monoisotopic (exact) mass is 292 g/mol. The fraction of sp³-hybridized carbons (Fsp3) is 0.562. The first-order chi connectivity index (χ1) is 10.1. The molecule has 1 unspecified atom stereocenters. The number of nitrogens with one attached hydrogen (secondary N) is 2. The van der Waals surface area contributed by atoms with Gasteiger partial charge in [0.15, 0.2) is 0 Å². The highest BCUT2D eigenvalue weighted by atomic mass is 16.6. The highest BCUT2D eigenvalue weighted by Crippen LogP contribution is 2.29. The number of carbonyl (C=O) groups is 1. The molecule has 5 heteroatoms. The predicted octanol–water partition coefficient (Wildman–Crippen LogP) is 2.83. The summed E-state index contributed by atoms with van der Waals surface area (Å²) in [5.41, 5.74) is 4.76. The summed E-state index contributed by atoms with van der Waals surface area (Å²) < 4.78 is 5.38. The summed E-state index contributed by atoms with van der Waals surface area (Å²) in [4.78, 5) is 16.2. The molecule has 0 heterocycles. The quantitative estimate of drug-likeness (QED) is 0.790.